The molecule has 2 aromatic heterocycles. The van der Waals surface area contributed by atoms with E-state index in [1.807, 2.05) is 7.05 Å². The average Bonchev–Trinajstić information content (AvgIpc) is 2.74. The molecule has 0 fully saturated rings. The lowest BCUT2D eigenvalue weighted by atomic mass is 10.2. The zero-order valence-corrected chi connectivity index (χ0v) is 12.0. The van der Waals surface area contributed by atoms with E-state index in [0.717, 1.165) is 22.6 Å². The summed E-state index contributed by atoms with van der Waals surface area (Å²) in [6.07, 6.45) is 3.67. The van der Waals surface area contributed by atoms with Gasteiger partial charge in [-0.3, -0.25) is 0 Å². The van der Waals surface area contributed by atoms with Gasteiger partial charge in [0.2, 0.25) is 5.95 Å². The Kier molecular flexibility index (Phi) is 4.36. The summed E-state index contributed by atoms with van der Waals surface area (Å²) >= 11 is 1.71. The lowest BCUT2D eigenvalue weighted by Gasteiger charge is -2.08. The van der Waals surface area contributed by atoms with Crippen LogP contribution in [0.5, 0.6) is 0 Å². The molecule has 0 spiro atoms. The van der Waals surface area contributed by atoms with Gasteiger partial charge in [0.05, 0.1) is 5.39 Å². The Balaban J connectivity index is 2.23. The normalized spacial score (nSPS) is 10.8. The van der Waals surface area contributed by atoms with E-state index in [2.05, 4.69) is 40.5 Å². The van der Waals surface area contributed by atoms with Crippen LogP contribution in [0.2, 0.25) is 0 Å². The number of unbranched alkanes of at least 4 members (excludes halogenated alkanes) is 2. The van der Waals surface area contributed by atoms with E-state index < -0.39 is 0 Å². The Bertz CT molecular complexity index is 521. The Labute approximate surface area is 112 Å². The molecule has 0 aromatic carbocycles. The SMILES string of the molecule is CCCCCNc1nc(NC)nc2sc(C)cc12. The van der Waals surface area contributed by atoms with Crippen LogP contribution in [0.1, 0.15) is 31.1 Å². The number of aromatic nitrogens is 2. The van der Waals surface area contributed by atoms with Crippen LogP contribution in [-0.4, -0.2) is 23.6 Å². The fourth-order valence-corrected chi connectivity index (χ4v) is 2.75. The van der Waals surface area contributed by atoms with Gasteiger partial charge in [-0.1, -0.05) is 19.8 Å². The fourth-order valence-electron chi connectivity index (χ4n) is 1.87. The highest BCUT2D eigenvalue weighted by Gasteiger charge is 2.09. The predicted molar refractivity (Wildman–Crippen MR) is 79.7 cm³/mol. The molecular formula is C13H20N4S. The number of nitrogens with one attached hydrogen (secondary N) is 2. The van der Waals surface area contributed by atoms with E-state index in [0.29, 0.717) is 5.95 Å². The molecule has 0 saturated heterocycles. The van der Waals surface area contributed by atoms with Crippen molar-refractivity contribution < 1.29 is 0 Å². The highest BCUT2D eigenvalue weighted by molar-refractivity contribution is 7.18. The van der Waals surface area contributed by atoms with Crippen LogP contribution in [0.3, 0.4) is 0 Å². The van der Waals surface area contributed by atoms with Crippen molar-refractivity contribution in [2.24, 2.45) is 0 Å². The first-order valence-electron chi connectivity index (χ1n) is 6.44. The summed E-state index contributed by atoms with van der Waals surface area (Å²) in [5.74, 6) is 1.63. The van der Waals surface area contributed by atoms with E-state index in [-0.39, 0.29) is 0 Å². The summed E-state index contributed by atoms with van der Waals surface area (Å²) in [5, 5.41) is 7.57. The molecule has 0 amide bonds. The summed E-state index contributed by atoms with van der Waals surface area (Å²) in [7, 11) is 1.85. The van der Waals surface area contributed by atoms with Gasteiger partial charge in [-0.15, -0.1) is 11.3 Å². The maximum atomic E-state index is 4.50. The third kappa shape index (κ3) is 2.90. The molecule has 0 unspecified atom stereocenters. The number of fused-ring (bicyclic) bond motifs is 1. The van der Waals surface area contributed by atoms with Gasteiger partial charge in [-0.2, -0.15) is 4.98 Å². The molecule has 98 valence electrons. The molecule has 5 heteroatoms. The van der Waals surface area contributed by atoms with Crippen molar-refractivity contribution >= 4 is 33.3 Å². The molecule has 4 nitrogen and oxygen atoms in total. The maximum absolute atomic E-state index is 4.50. The third-order valence-electron chi connectivity index (χ3n) is 2.81. The summed E-state index contributed by atoms with van der Waals surface area (Å²) in [6.45, 7) is 5.29. The molecule has 0 radical (unpaired) electrons. The van der Waals surface area contributed by atoms with Gasteiger partial charge in [0.15, 0.2) is 0 Å². The predicted octanol–water partition coefficient (Wildman–Crippen LogP) is 3.64. The van der Waals surface area contributed by atoms with Crippen molar-refractivity contribution in [3.63, 3.8) is 0 Å². The van der Waals surface area contributed by atoms with Crippen LogP contribution < -0.4 is 10.6 Å². The molecule has 2 heterocycles. The van der Waals surface area contributed by atoms with Crippen molar-refractivity contribution in [2.75, 3.05) is 24.2 Å². The van der Waals surface area contributed by atoms with Crippen molar-refractivity contribution in [1.29, 1.82) is 0 Å². The number of hydrogen-bond acceptors (Lipinski definition) is 5. The molecule has 2 aromatic rings. The first-order valence-corrected chi connectivity index (χ1v) is 7.26. The van der Waals surface area contributed by atoms with E-state index in [4.69, 9.17) is 0 Å². The minimum Gasteiger partial charge on any atom is -0.369 e. The Hall–Kier alpha value is -1.36. The lowest BCUT2D eigenvalue weighted by molar-refractivity contribution is 0.743. The number of hydrogen-bond donors (Lipinski definition) is 2. The molecule has 2 N–H and O–H groups in total. The highest BCUT2D eigenvalue weighted by atomic mass is 32.1. The summed E-state index contributed by atoms with van der Waals surface area (Å²) in [4.78, 5) is 11.3. The van der Waals surface area contributed by atoms with Crippen LogP contribution in [0, 0.1) is 6.92 Å². The molecule has 2 rings (SSSR count). The van der Waals surface area contributed by atoms with Crippen molar-refractivity contribution in [3.05, 3.63) is 10.9 Å². The second-order valence-electron chi connectivity index (χ2n) is 4.36. The van der Waals surface area contributed by atoms with Crippen molar-refractivity contribution in [2.45, 2.75) is 33.1 Å². The van der Waals surface area contributed by atoms with E-state index >= 15 is 0 Å². The smallest absolute Gasteiger partial charge is 0.225 e. The minimum absolute atomic E-state index is 0.683. The average molecular weight is 264 g/mol. The first-order chi connectivity index (χ1) is 8.74. The van der Waals surface area contributed by atoms with Crippen LogP contribution in [0.4, 0.5) is 11.8 Å². The Morgan fingerprint density at radius 2 is 2.11 bits per heavy atom. The summed E-state index contributed by atoms with van der Waals surface area (Å²) < 4.78 is 0. The zero-order chi connectivity index (χ0) is 13.0. The molecule has 0 atom stereocenters. The Morgan fingerprint density at radius 1 is 1.28 bits per heavy atom. The lowest BCUT2D eigenvalue weighted by Crippen LogP contribution is -2.06. The molecule has 0 aliphatic heterocycles. The van der Waals surface area contributed by atoms with Crippen LogP contribution in [0.25, 0.3) is 10.2 Å². The van der Waals surface area contributed by atoms with E-state index in [1.165, 1.54) is 24.1 Å². The molecule has 0 saturated carbocycles. The molecule has 0 aliphatic rings. The maximum Gasteiger partial charge on any atom is 0.225 e. The largest absolute Gasteiger partial charge is 0.369 e. The fraction of sp³-hybridized carbons (Fsp3) is 0.538. The van der Waals surface area contributed by atoms with Gasteiger partial charge in [-0.25, -0.2) is 4.98 Å². The summed E-state index contributed by atoms with van der Waals surface area (Å²) in [5.41, 5.74) is 0. The number of nitrogens with zero attached hydrogens (tertiary/aromatic N) is 2. The van der Waals surface area contributed by atoms with Gasteiger partial charge >= 0.3 is 0 Å². The molecular weight excluding hydrogens is 244 g/mol. The zero-order valence-electron chi connectivity index (χ0n) is 11.2. The van der Waals surface area contributed by atoms with Gasteiger partial charge in [0, 0.05) is 18.5 Å². The Morgan fingerprint density at radius 3 is 2.83 bits per heavy atom. The molecule has 0 bridgehead atoms. The highest BCUT2D eigenvalue weighted by Crippen LogP contribution is 2.29. The number of aryl methyl sites for hydroxylation is 1. The van der Waals surface area contributed by atoms with E-state index in [9.17, 15) is 0 Å². The topological polar surface area (TPSA) is 49.8 Å². The van der Waals surface area contributed by atoms with Crippen LogP contribution in [-0.2, 0) is 0 Å². The quantitative estimate of drug-likeness (QED) is 0.782. The second kappa shape index (κ2) is 6.00. The molecule has 18 heavy (non-hydrogen) atoms. The number of rotatable bonds is 6. The standard InChI is InChI=1S/C13H20N4S/c1-4-5-6-7-15-11-10-8-9(2)18-12(10)17-13(14-3)16-11/h8H,4-7H2,1-3H3,(H2,14,15,16,17). The minimum atomic E-state index is 0.683. The van der Waals surface area contributed by atoms with Gasteiger partial charge in [-0.05, 0) is 19.4 Å². The molecule has 0 aliphatic carbocycles. The summed E-state index contributed by atoms with van der Waals surface area (Å²) in [6, 6.07) is 2.15. The second-order valence-corrected chi connectivity index (χ2v) is 5.59. The van der Waals surface area contributed by atoms with Crippen LogP contribution >= 0.6 is 11.3 Å². The van der Waals surface area contributed by atoms with Crippen molar-refractivity contribution in [3.8, 4) is 0 Å². The number of anilines is 2. The first kappa shape index (κ1) is 13.1. The van der Waals surface area contributed by atoms with Gasteiger partial charge in [0.1, 0.15) is 10.6 Å². The monoisotopic (exact) mass is 264 g/mol. The van der Waals surface area contributed by atoms with Gasteiger partial charge in [0.25, 0.3) is 0 Å². The van der Waals surface area contributed by atoms with Gasteiger partial charge < -0.3 is 10.6 Å². The van der Waals surface area contributed by atoms with Crippen LogP contribution in [0.15, 0.2) is 6.07 Å². The number of thiophene rings is 1. The van der Waals surface area contributed by atoms with E-state index in [1.54, 1.807) is 11.3 Å². The van der Waals surface area contributed by atoms with Crippen molar-refractivity contribution in [1.82, 2.24) is 9.97 Å². The third-order valence-corrected chi connectivity index (χ3v) is 3.76.